The first-order valence-corrected chi connectivity index (χ1v) is 12.9. The van der Waals surface area contributed by atoms with Crippen LogP contribution in [0.5, 0.6) is 0 Å². The highest BCUT2D eigenvalue weighted by Gasteiger charge is 2.33. The molecule has 0 saturated heterocycles. The number of nitrogens with zero attached hydrogens (tertiary/aromatic N) is 7. The fourth-order valence-corrected chi connectivity index (χ4v) is 5.05. The van der Waals surface area contributed by atoms with E-state index in [-0.39, 0.29) is 29.8 Å². The average molecular weight is 526 g/mol. The van der Waals surface area contributed by atoms with Gasteiger partial charge in [-0.2, -0.15) is 5.10 Å². The number of rotatable bonds is 7. The van der Waals surface area contributed by atoms with Gasteiger partial charge in [0, 0.05) is 36.1 Å². The third-order valence-electron chi connectivity index (χ3n) is 7.25. The Balaban J connectivity index is 1.33. The zero-order chi connectivity index (χ0) is 26.9. The van der Waals surface area contributed by atoms with Gasteiger partial charge in [0.05, 0.1) is 17.6 Å². The molecule has 4 heterocycles. The lowest BCUT2D eigenvalue weighted by molar-refractivity contribution is -0.123. The van der Waals surface area contributed by atoms with Crippen LogP contribution in [0.1, 0.15) is 48.9 Å². The molecule has 1 aliphatic carbocycles. The Morgan fingerprint density at radius 1 is 1.08 bits per heavy atom. The summed E-state index contributed by atoms with van der Waals surface area (Å²) < 4.78 is 8.59. The van der Waals surface area contributed by atoms with Gasteiger partial charge in [-0.05, 0) is 49.8 Å². The van der Waals surface area contributed by atoms with E-state index in [0.717, 1.165) is 42.6 Å². The zero-order valence-electron chi connectivity index (χ0n) is 21.3. The molecule has 4 aromatic heterocycles. The van der Waals surface area contributed by atoms with Crippen LogP contribution in [0.3, 0.4) is 0 Å². The molecule has 6 rings (SSSR count). The number of fused-ring (bicyclic) bond motifs is 1. The van der Waals surface area contributed by atoms with Gasteiger partial charge in [-0.15, -0.1) is 5.10 Å². The fourth-order valence-electron chi connectivity index (χ4n) is 5.05. The monoisotopic (exact) mass is 525 g/mol. The first kappa shape index (κ1) is 24.5. The largest absolute Gasteiger partial charge is 0.477 e. The predicted molar refractivity (Wildman–Crippen MR) is 141 cm³/mol. The molecule has 0 spiro atoms. The Bertz CT molecular complexity index is 1580. The maximum atomic E-state index is 13.7. The van der Waals surface area contributed by atoms with Gasteiger partial charge in [0.25, 0.3) is 0 Å². The fraction of sp³-hybridized carbons (Fsp3) is 0.286. The second-order valence-corrected chi connectivity index (χ2v) is 9.92. The molecule has 39 heavy (non-hydrogen) atoms. The van der Waals surface area contributed by atoms with Crippen molar-refractivity contribution in [3.05, 3.63) is 78.9 Å². The van der Waals surface area contributed by atoms with Crippen molar-refractivity contribution < 1.29 is 19.1 Å². The summed E-state index contributed by atoms with van der Waals surface area (Å²) in [5.41, 5.74) is 2.95. The summed E-state index contributed by atoms with van der Waals surface area (Å²) in [4.78, 5) is 35.9. The summed E-state index contributed by atoms with van der Waals surface area (Å²) in [6.45, 7) is 2.18. The van der Waals surface area contributed by atoms with Crippen LogP contribution >= 0.6 is 0 Å². The van der Waals surface area contributed by atoms with Crippen LogP contribution in [-0.2, 0) is 11.3 Å². The lowest BCUT2D eigenvalue weighted by Gasteiger charge is -2.29. The smallest absolute Gasteiger partial charge is 0.341 e. The molecular weight excluding hydrogens is 498 g/mol. The number of carboxylic acid groups (broad SMARTS) is 1. The number of aromatic carboxylic acids is 1. The standard InChI is InChI=1S/C28H27N7O4/c1-18-3-5-20(6-4-18)27(36)33(17-25-30-12-14-39-25)26-22(28(37)38)16-35(32-26)21-9-7-19(8-10-21)23-15-24-29-11-2-13-34(24)31-23/h2,7-16,18,20H,3-6,17H2,1H3,(H,37,38). The van der Waals surface area contributed by atoms with Crippen molar-refractivity contribution in [2.75, 3.05) is 4.90 Å². The lowest BCUT2D eigenvalue weighted by atomic mass is 9.82. The summed E-state index contributed by atoms with van der Waals surface area (Å²) >= 11 is 0. The molecule has 0 bridgehead atoms. The van der Waals surface area contributed by atoms with Crippen LogP contribution in [0.25, 0.3) is 22.6 Å². The van der Waals surface area contributed by atoms with Crippen molar-refractivity contribution in [2.45, 2.75) is 39.2 Å². The molecule has 1 saturated carbocycles. The van der Waals surface area contributed by atoms with Crippen molar-refractivity contribution >= 4 is 23.3 Å². The minimum absolute atomic E-state index is 0.00393. The number of benzene rings is 1. The highest BCUT2D eigenvalue weighted by atomic mass is 16.4. The number of carbonyl (C=O) groups is 2. The SMILES string of the molecule is CC1CCC(C(=O)N(Cc2ncco2)c2nn(-c3ccc(-c4cc5ncccn5n4)cc3)cc2C(=O)O)CC1. The number of amides is 1. The lowest BCUT2D eigenvalue weighted by Crippen LogP contribution is -2.38. The van der Waals surface area contributed by atoms with Crippen molar-refractivity contribution in [3.8, 4) is 16.9 Å². The molecule has 5 aromatic rings. The van der Waals surface area contributed by atoms with Gasteiger partial charge in [-0.1, -0.05) is 19.1 Å². The molecule has 1 fully saturated rings. The van der Waals surface area contributed by atoms with Crippen molar-refractivity contribution in [1.29, 1.82) is 0 Å². The molecule has 11 nitrogen and oxygen atoms in total. The van der Waals surface area contributed by atoms with E-state index in [1.807, 2.05) is 42.6 Å². The Morgan fingerprint density at radius 3 is 2.56 bits per heavy atom. The number of anilines is 1. The number of aromatic nitrogens is 6. The van der Waals surface area contributed by atoms with E-state index in [2.05, 4.69) is 27.1 Å². The third-order valence-corrected chi connectivity index (χ3v) is 7.25. The minimum atomic E-state index is -1.17. The molecule has 11 heteroatoms. The van der Waals surface area contributed by atoms with Gasteiger partial charge < -0.3 is 9.52 Å². The number of oxazole rings is 1. The Kier molecular flexibility index (Phi) is 6.39. The first-order valence-electron chi connectivity index (χ1n) is 12.9. The number of carboxylic acids is 1. The van der Waals surface area contributed by atoms with Gasteiger partial charge in [-0.25, -0.2) is 24.0 Å². The molecule has 0 unspecified atom stereocenters. The quantitative estimate of drug-likeness (QED) is 0.325. The molecule has 1 N–H and O–H groups in total. The van der Waals surface area contributed by atoms with E-state index < -0.39 is 5.97 Å². The second kappa shape index (κ2) is 10.2. The molecule has 0 radical (unpaired) electrons. The molecule has 1 aromatic carbocycles. The highest BCUT2D eigenvalue weighted by Crippen LogP contribution is 2.33. The van der Waals surface area contributed by atoms with E-state index in [9.17, 15) is 14.7 Å². The summed E-state index contributed by atoms with van der Waals surface area (Å²) in [6, 6.07) is 11.1. The minimum Gasteiger partial charge on any atom is -0.477 e. The van der Waals surface area contributed by atoms with Gasteiger partial charge in [0.2, 0.25) is 11.8 Å². The summed E-state index contributed by atoms with van der Waals surface area (Å²) in [5, 5.41) is 19.2. The van der Waals surface area contributed by atoms with E-state index >= 15 is 0 Å². The summed E-state index contributed by atoms with van der Waals surface area (Å²) in [6.07, 6.45) is 11.3. The predicted octanol–water partition coefficient (Wildman–Crippen LogP) is 4.63. The first-order chi connectivity index (χ1) is 19.0. The molecule has 1 aliphatic rings. The second-order valence-electron chi connectivity index (χ2n) is 9.92. The number of carbonyl (C=O) groups excluding carboxylic acids is 1. The van der Waals surface area contributed by atoms with Crippen LogP contribution in [0.2, 0.25) is 0 Å². The van der Waals surface area contributed by atoms with Crippen molar-refractivity contribution in [2.24, 2.45) is 11.8 Å². The Labute approximate surface area is 223 Å². The van der Waals surface area contributed by atoms with Gasteiger partial charge in [0.1, 0.15) is 18.4 Å². The van der Waals surface area contributed by atoms with Gasteiger partial charge in [0.15, 0.2) is 11.5 Å². The van der Waals surface area contributed by atoms with Crippen LogP contribution in [0, 0.1) is 11.8 Å². The molecule has 0 aliphatic heterocycles. The Hall–Kier alpha value is -4.80. The van der Waals surface area contributed by atoms with E-state index in [1.165, 1.54) is 28.2 Å². The molecule has 1 amide bonds. The third kappa shape index (κ3) is 4.90. The summed E-state index contributed by atoms with van der Waals surface area (Å²) in [7, 11) is 0. The normalized spacial score (nSPS) is 17.4. The van der Waals surface area contributed by atoms with Crippen LogP contribution in [0.15, 0.2) is 71.9 Å². The van der Waals surface area contributed by atoms with Crippen LogP contribution in [-0.4, -0.2) is 46.3 Å². The van der Waals surface area contributed by atoms with E-state index in [1.54, 1.807) is 10.7 Å². The van der Waals surface area contributed by atoms with Gasteiger partial charge in [-0.3, -0.25) is 9.69 Å². The van der Waals surface area contributed by atoms with Crippen molar-refractivity contribution in [1.82, 2.24) is 29.4 Å². The number of hydrogen-bond donors (Lipinski definition) is 1. The van der Waals surface area contributed by atoms with E-state index in [4.69, 9.17) is 4.42 Å². The maximum Gasteiger partial charge on any atom is 0.341 e. The van der Waals surface area contributed by atoms with Crippen LogP contribution < -0.4 is 4.90 Å². The van der Waals surface area contributed by atoms with Crippen molar-refractivity contribution in [3.63, 3.8) is 0 Å². The topological polar surface area (TPSA) is 132 Å². The van der Waals surface area contributed by atoms with E-state index in [0.29, 0.717) is 17.5 Å². The van der Waals surface area contributed by atoms with Gasteiger partial charge >= 0.3 is 5.97 Å². The number of hydrogen-bond acceptors (Lipinski definition) is 7. The Morgan fingerprint density at radius 2 is 1.87 bits per heavy atom. The van der Waals surface area contributed by atoms with Crippen LogP contribution in [0.4, 0.5) is 5.82 Å². The maximum absolute atomic E-state index is 13.7. The highest BCUT2D eigenvalue weighted by molar-refractivity contribution is 6.01. The zero-order valence-corrected chi connectivity index (χ0v) is 21.3. The molecule has 198 valence electrons. The molecular formula is C28H27N7O4. The average Bonchev–Trinajstić information content (AvgIpc) is 3.71. The summed E-state index contributed by atoms with van der Waals surface area (Å²) in [5.74, 6) is -0.592. The molecule has 0 atom stereocenters.